The van der Waals surface area contributed by atoms with Gasteiger partial charge in [0.1, 0.15) is 12.0 Å². The Balaban J connectivity index is 2.74. The maximum Gasteiger partial charge on any atom is 0.128 e. The average molecular weight is 217 g/mol. The van der Waals surface area contributed by atoms with Gasteiger partial charge in [0.05, 0.1) is 12.6 Å². The first kappa shape index (κ1) is 10.7. The largest absolute Gasteiger partial charge is 0.496 e. The number of aromatic nitrogens is 1. The lowest BCUT2D eigenvalue weighted by molar-refractivity contribution is -0.107. The molecule has 0 aliphatic rings. The monoisotopic (exact) mass is 217 g/mol. The van der Waals surface area contributed by atoms with Gasteiger partial charge in [-0.2, -0.15) is 0 Å². The van der Waals surface area contributed by atoms with E-state index in [1.807, 2.05) is 18.3 Å². The molecule has 0 aliphatic heterocycles. The summed E-state index contributed by atoms with van der Waals surface area (Å²) in [6.45, 7) is 2.98. The average Bonchev–Trinajstić information content (AvgIpc) is 2.68. The molecular weight excluding hydrogens is 202 g/mol. The van der Waals surface area contributed by atoms with Crippen molar-refractivity contribution in [3.8, 4) is 5.75 Å². The Bertz CT molecular complexity index is 514. The van der Waals surface area contributed by atoms with Crippen molar-refractivity contribution in [3.63, 3.8) is 0 Å². The van der Waals surface area contributed by atoms with Gasteiger partial charge in [0.15, 0.2) is 0 Å². The normalized spacial score (nSPS) is 10.6. The van der Waals surface area contributed by atoms with Gasteiger partial charge in [0.25, 0.3) is 0 Å². The van der Waals surface area contributed by atoms with Crippen LogP contribution in [0, 0.1) is 0 Å². The van der Waals surface area contributed by atoms with E-state index in [1.54, 1.807) is 7.11 Å². The third kappa shape index (κ3) is 1.58. The molecule has 1 aromatic carbocycles. The molecule has 84 valence electrons. The molecular formula is C13H15NO2. The van der Waals surface area contributed by atoms with Crippen LogP contribution >= 0.6 is 0 Å². The fourth-order valence-corrected chi connectivity index (χ4v) is 2.08. The topological polar surface area (TPSA) is 31.2 Å². The van der Waals surface area contributed by atoms with Crippen molar-refractivity contribution in [1.29, 1.82) is 0 Å². The van der Waals surface area contributed by atoms with Gasteiger partial charge >= 0.3 is 0 Å². The minimum atomic E-state index is 0.434. The molecule has 0 saturated carbocycles. The van der Waals surface area contributed by atoms with E-state index in [0.717, 1.165) is 35.0 Å². The summed E-state index contributed by atoms with van der Waals surface area (Å²) in [5, 5.41) is 1.05. The quantitative estimate of drug-likeness (QED) is 0.736. The van der Waals surface area contributed by atoms with Crippen LogP contribution in [0.3, 0.4) is 0 Å². The van der Waals surface area contributed by atoms with E-state index in [4.69, 9.17) is 4.74 Å². The fourth-order valence-electron chi connectivity index (χ4n) is 2.08. The van der Waals surface area contributed by atoms with Crippen molar-refractivity contribution in [1.82, 2.24) is 4.57 Å². The van der Waals surface area contributed by atoms with Crippen molar-refractivity contribution in [2.45, 2.75) is 19.9 Å². The van der Waals surface area contributed by atoms with E-state index in [0.29, 0.717) is 6.42 Å². The molecule has 1 aromatic heterocycles. The van der Waals surface area contributed by atoms with Crippen LogP contribution in [0.1, 0.15) is 12.5 Å². The van der Waals surface area contributed by atoms with Crippen LogP contribution in [0.2, 0.25) is 0 Å². The summed E-state index contributed by atoms with van der Waals surface area (Å²) in [4.78, 5) is 10.7. The van der Waals surface area contributed by atoms with Gasteiger partial charge in [-0.3, -0.25) is 0 Å². The second-order valence-electron chi connectivity index (χ2n) is 3.67. The maximum atomic E-state index is 10.7. The highest BCUT2D eigenvalue weighted by Gasteiger charge is 2.11. The SMILES string of the molecule is CCn1cc(CC=O)c2c(OC)cccc21. The Morgan fingerprint density at radius 2 is 2.25 bits per heavy atom. The van der Waals surface area contributed by atoms with Crippen LogP contribution in [0.15, 0.2) is 24.4 Å². The van der Waals surface area contributed by atoms with E-state index in [2.05, 4.69) is 17.6 Å². The predicted molar refractivity (Wildman–Crippen MR) is 63.9 cm³/mol. The smallest absolute Gasteiger partial charge is 0.128 e. The molecule has 0 bridgehead atoms. The van der Waals surface area contributed by atoms with E-state index in [9.17, 15) is 4.79 Å². The van der Waals surface area contributed by atoms with Crippen LogP contribution in [0.25, 0.3) is 10.9 Å². The molecule has 0 spiro atoms. The summed E-state index contributed by atoms with van der Waals surface area (Å²) in [5.41, 5.74) is 2.16. The molecule has 3 nitrogen and oxygen atoms in total. The highest BCUT2D eigenvalue weighted by Crippen LogP contribution is 2.30. The van der Waals surface area contributed by atoms with Gasteiger partial charge in [-0.25, -0.2) is 0 Å². The van der Waals surface area contributed by atoms with Crippen LogP contribution in [-0.2, 0) is 17.8 Å². The molecule has 2 aromatic rings. The zero-order valence-corrected chi connectivity index (χ0v) is 9.56. The van der Waals surface area contributed by atoms with E-state index >= 15 is 0 Å². The molecule has 0 aliphatic carbocycles. The number of ether oxygens (including phenoxy) is 1. The molecule has 0 fully saturated rings. The Hall–Kier alpha value is -1.77. The van der Waals surface area contributed by atoms with Gasteiger partial charge in [-0.1, -0.05) is 6.07 Å². The molecule has 0 atom stereocenters. The zero-order valence-electron chi connectivity index (χ0n) is 9.56. The third-order valence-corrected chi connectivity index (χ3v) is 2.81. The summed E-state index contributed by atoms with van der Waals surface area (Å²) in [6.07, 6.45) is 3.40. The Kier molecular flexibility index (Phi) is 2.95. The van der Waals surface area contributed by atoms with E-state index < -0.39 is 0 Å². The molecule has 0 unspecified atom stereocenters. The third-order valence-electron chi connectivity index (χ3n) is 2.81. The van der Waals surface area contributed by atoms with Crippen molar-refractivity contribution >= 4 is 17.2 Å². The van der Waals surface area contributed by atoms with Crippen LogP contribution < -0.4 is 4.74 Å². The second-order valence-corrected chi connectivity index (χ2v) is 3.67. The number of carbonyl (C=O) groups excluding carboxylic acids is 1. The molecule has 0 radical (unpaired) electrons. The first-order valence-electron chi connectivity index (χ1n) is 5.40. The number of hydrogen-bond acceptors (Lipinski definition) is 2. The van der Waals surface area contributed by atoms with Gasteiger partial charge < -0.3 is 14.1 Å². The van der Waals surface area contributed by atoms with E-state index in [1.165, 1.54) is 0 Å². The summed E-state index contributed by atoms with van der Waals surface area (Å²) in [5.74, 6) is 0.835. The van der Waals surface area contributed by atoms with Crippen molar-refractivity contribution in [2.24, 2.45) is 0 Å². The fraction of sp³-hybridized carbons (Fsp3) is 0.308. The first-order valence-corrected chi connectivity index (χ1v) is 5.40. The standard InChI is InChI=1S/C13H15NO2/c1-3-14-9-10(7-8-15)13-11(14)5-4-6-12(13)16-2/h4-6,8-9H,3,7H2,1-2H3. The summed E-state index contributed by atoms with van der Waals surface area (Å²) >= 11 is 0. The number of hydrogen-bond donors (Lipinski definition) is 0. The number of rotatable bonds is 4. The minimum Gasteiger partial charge on any atom is -0.496 e. The molecule has 2 rings (SSSR count). The van der Waals surface area contributed by atoms with Gasteiger partial charge in [0, 0.05) is 24.5 Å². The summed E-state index contributed by atoms with van der Waals surface area (Å²) in [7, 11) is 1.66. The number of aldehydes is 1. The van der Waals surface area contributed by atoms with Gasteiger partial charge in [-0.05, 0) is 24.6 Å². The molecule has 3 heteroatoms. The lowest BCUT2D eigenvalue weighted by atomic mass is 10.1. The van der Waals surface area contributed by atoms with E-state index in [-0.39, 0.29) is 0 Å². The Morgan fingerprint density at radius 1 is 1.44 bits per heavy atom. The van der Waals surface area contributed by atoms with Gasteiger partial charge in [0.2, 0.25) is 0 Å². The zero-order chi connectivity index (χ0) is 11.5. The molecule has 0 amide bonds. The summed E-state index contributed by atoms with van der Waals surface area (Å²) < 4.78 is 7.48. The second kappa shape index (κ2) is 4.39. The molecule has 16 heavy (non-hydrogen) atoms. The van der Waals surface area contributed by atoms with Crippen molar-refractivity contribution in [3.05, 3.63) is 30.0 Å². The highest BCUT2D eigenvalue weighted by atomic mass is 16.5. The number of aryl methyl sites for hydroxylation is 1. The highest BCUT2D eigenvalue weighted by molar-refractivity contribution is 5.91. The minimum absolute atomic E-state index is 0.434. The lowest BCUT2D eigenvalue weighted by Crippen LogP contribution is -1.90. The number of benzene rings is 1. The maximum absolute atomic E-state index is 10.7. The number of nitrogens with zero attached hydrogens (tertiary/aromatic N) is 1. The molecule has 0 saturated heterocycles. The number of fused-ring (bicyclic) bond motifs is 1. The van der Waals surface area contributed by atoms with Crippen molar-refractivity contribution < 1.29 is 9.53 Å². The Labute approximate surface area is 94.6 Å². The van der Waals surface area contributed by atoms with Crippen LogP contribution in [0.4, 0.5) is 0 Å². The predicted octanol–water partition coefficient (Wildman–Crippen LogP) is 2.41. The first-order chi connectivity index (χ1) is 7.81. The summed E-state index contributed by atoms with van der Waals surface area (Å²) in [6, 6.07) is 5.95. The molecule has 1 heterocycles. The Morgan fingerprint density at radius 3 is 2.88 bits per heavy atom. The van der Waals surface area contributed by atoms with Crippen LogP contribution in [0.5, 0.6) is 5.75 Å². The number of methoxy groups -OCH3 is 1. The van der Waals surface area contributed by atoms with Crippen molar-refractivity contribution in [2.75, 3.05) is 7.11 Å². The van der Waals surface area contributed by atoms with Crippen LogP contribution in [-0.4, -0.2) is 18.0 Å². The molecule has 0 N–H and O–H groups in total. The van der Waals surface area contributed by atoms with Gasteiger partial charge in [-0.15, -0.1) is 0 Å². The lowest BCUT2D eigenvalue weighted by Gasteiger charge is -2.04. The number of carbonyl (C=O) groups is 1.